The summed E-state index contributed by atoms with van der Waals surface area (Å²) in [6, 6.07) is 8.38. The van der Waals surface area contributed by atoms with Crippen molar-refractivity contribution in [3.05, 3.63) is 57.3 Å². The van der Waals surface area contributed by atoms with E-state index in [1.807, 2.05) is 6.07 Å². The van der Waals surface area contributed by atoms with Crippen LogP contribution in [0.15, 0.2) is 34.9 Å². The van der Waals surface area contributed by atoms with Gasteiger partial charge in [0.15, 0.2) is 0 Å². The third-order valence-corrected chi connectivity index (χ3v) is 3.99. The van der Waals surface area contributed by atoms with Crippen LogP contribution in [0.3, 0.4) is 0 Å². The van der Waals surface area contributed by atoms with Gasteiger partial charge in [-0.25, -0.2) is 0 Å². The van der Waals surface area contributed by atoms with Gasteiger partial charge in [-0.15, -0.1) is 0 Å². The summed E-state index contributed by atoms with van der Waals surface area (Å²) >= 11 is 3.59. The van der Waals surface area contributed by atoms with Gasteiger partial charge in [-0.2, -0.15) is 0 Å². The molecule has 0 unspecified atom stereocenters. The van der Waals surface area contributed by atoms with Crippen LogP contribution in [-0.2, 0) is 6.54 Å². The smallest absolute Gasteiger partial charge is 0.0484 e. The number of benzene rings is 1. The molecule has 2 heteroatoms. The number of aryl methyl sites for hydroxylation is 1. The molecule has 0 aliphatic heterocycles. The number of aromatic nitrogens is 1. The molecule has 84 valence electrons. The van der Waals surface area contributed by atoms with E-state index >= 15 is 0 Å². The van der Waals surface area contributed by atoms with E-state index in [9.17, 15) is 0 Å². The first-order chi connectivity index (χ1) is 7.59. The summed E-state index contributed by atoms with van der Waals surface area (Å²) < 4.78 is 3.49. The van der Waals surface area contributed by atoms with Gasteiger partial charge in [0.25, 0.3) is 0 Å². The molecule has 0 saturated heterocycles. The molecule has 0 atom stereocenters. The largest absolute Gasteiger partial charge is 0.347 e. The first-order valence-electron chi connectivity index (χ1n) is 5.46. The Morgan fingerprint density at radius 3 is 2.38 bits per heavy atom. The topological polar surface area (TPSA) is 4.93 Å². The van der Waals surface area contributed by atoms with Crippen molar-refractivity contribution in [2.24, 2.45) is 0 Å². The second-order valence-electron chi connectivity index (χ2n) is 4.24. The summed E-state index contributed by atoms with van der Waals surface area (Å²) in [5.74, 6) is 0. The quantitative estimate of drug-likeness (QED) is 0.775. The molecule has 0 spiro atoms. The molecule has 0 saturated carbocycles. The van der Waals surface area contributed by atoms with Gasteiger partial charge >= 0.3 is 0 Å². The number of hydrogen-bond acceptors (Lipinski definition) is 0. The Morgan fingerprint density at radius 2 is 1.81 bits per heavy atom. The van der Waals surface area contributed by atoms with E-state index in [1.54, 1.807) is 0 Å². The van der Waals surface area contributed by atoms with Crippen LogP contribution in [0.25, 0.3) is 0 Å². The van der Waals surface area contributed by atoms with Gasteiger partial charge in [0.2, 0.25) is 0 Å². The summed E-state index contributed by atoms with van der Waals surface area (Å²) in [6.45, 7) is 7.46. The fourth-order valence-corrected chi connectivity index (χ4v) is 2.31. The van der Waals surface area contributed by atoms with E-state index in [1.165, 1.54) is 26.9 Å². The fourth-order valence-electron chi connectivity index (χ4n) is 1.90. The van der Waals surface area contributed by atoms with Gasteiger partial charge in [-0.1, -0.05) is 34.1 Å². The van der Waals surface area contributed by atoms with Crippen molar-refractivity contribution in [1.29, 1.82) is 0 Å². The van der Waals surface area contributed by atoms with Crippen LogP contribution in [0.1, 0.15) is 22.4 Å². The SMILES string of the molecule is Cc1cn(Cc2ccccc2Br)c(C)c1C. The monoisotopic (exact) mass is 277 g/mol. The maximum Gasteiger partial charge on any atom is 0.0484 e. The first-order valence-corrected chi connectivity index (χ1v) is 6.25. The summed E-state index contributed by atoms with van der Waals surface area (Å²) in [4.78, 5) is 0. The Balaban J connectivity index is 2.34. The van der Waals surface area contributed by atoms with Gasteiger partial charge < -0.3 is 4.57 Å². The van der Waals surface area contributed by atoms with Crippen LogP contribution in [0.4, 0.5) is 0 Å². The van der Waals surface area contributed by atoms with E-state index < -0.39 is 0 Å². The van der Waals surface area contributed by atoms with Crippen molar-refractivity contribution in [1.82, 2.24) is 4.57 Å². The lowest BCUT2D eigenvalue weighted by molar-refractivity contribution is 0.770. The average Bonchev–Trinajstić information content (AvgIpc) is 2.50. The van der Waals surface area contributed by atoms with Crippen molar-refractivity contribution in [2.45, 2.75) is 27.3 Å². The van der Waals surface area contributed by atoms with Gasteiger partial charge in [-0.05, 0) is 43.5 Å². The van der Waals surface area contributed by atoms with E-state index in [4.69, 9.17) is 0 Å². The van der Waals surface area contributed by atoms with Crippen LogP contribution in [0, 0.1) is 20.8 Å². The normalized spacial score (nSPS) is 10.8. The van der Waals surface area contributed by atoms with Crippen molar-refractivity contribution < 1.29 is 0 Å². The van der Waals surface area contributed by atoms with Crippen LogP contribution in [0.5, 0.6) is 0 Å². The standard InChI is InChI=1S/C14H16BrN/c1-10-8-16(12(3)11(10)2)9-13-6-4-5-7-14(13)15/h4-8H,9H2,1-3H3. The van der Waals surface area contributed by atoms with Crippen LogP contribution in [0.2, 0.25) is 0 Å². The molecule has 1 heterocycles. The zero-order valence-electron chi connectivity index (χ0n) is 9.92. The van der Waals surface area contributed by atoms with E-state index in [0.29, 0.717) is 0 Å². The highest BCUT2D eigenvalue weighted by atomic mass is 79.9. The maximum atomic E-state index is 3.59. The molecule has 0 amide bonds. The minimum absolute atomic E-state index is 0.932. The highest BCUT2D eigenvalue weighted by Crippen LogP contribution is 2.20. The third kappa shape index (κ3) is 2.07. The van der Waals surface area contributed by atoms with E-state index in [2.05, 4.69) is 65.7 Å². The molecule has 2 rings (SSSR count). The Hall–Kier alpha value is -1.02. The number of hydrogen-bond donors (Lipinski definition) is 0. The summed E-state index contributed by atoms with van der Waals surface area (Å²) in [7, 11) is 0. The minimum atomic E-state index is 0.932. The molecule has 0 aliphatic rings. The van der Waals surface area contributed by atoms with Gasteiger partial charge in [0.1, 0.15) is 0 Å². The Labute approximate surface area is 105 Å². The average molecular weight is 278 g/mol. The predicted molar refractivity (Wildman–Crippen MR) is 71.9 cm³/mol. The van der Waals surface area contributed by atoms with Crippen LogP contribution >= 0.6 is 15.9 Å². The molecular formula is C14H16BrN. The van der Waals surface area contributed by atoms with Crippen molar-refractivity contribution in [2.75, 3.05) is 0 Å². The zero-order valence-corrected chi connectivity index (χ0v) is 11.5. The Kier molecular flexibility index (Phi) is 3.20. The van der Waals surface area contributed by atoms with Crippen molar-refractivity contribution in [3.8, 4) is 0 Å². The van der Waals surface area contributed by atoms with Crippen LogP contribution in [-0.4, -0.2) is 4.57 Å². The molecular weight excluding hydrogens is 262 g/mol. The lowest BCUT2D eigenvalue weighted by Crippen LogP contribution is -2.01. The zero-order chi connectivity index (χ0) is 11.7. The van der Waals surface area contributed by atoms with E-state index in [-0.39, 0.29) is 0 Å². The van der Waals surface area contributed by atoms with Gasteiger partial charge in [-0.3, -0.25) is 0 Å². The molecule has 0 N–H and O–H groups in total. The fraction of sp³-hybridized carbons (Fsp3) is 0.286. The summed E-state index contributed by atoms with van der Waals surface area (Å²) in [6.07, 6.45) is 2.23. The predicted octanol–water partition coefficient (Wildman–Crippen LogP) is 4.22. The molecule has 1 aromatic heterocycles. The van der Waals surface area contributed by atoms with Crippen molar-refractivity contribution >= 4 is 15.9 Å². The van der Waals surface area contributed by atoms with Crippen LogP contribution < -0.4 is 0 Å². The molecule has 1 aromatic carbocycles. The maximum absolute atomic E-state index is 3.59. The second kappa shape index (κ2) is 4.46. The minimum Gasteiger partial charge on any atom is -0.347 e. The number of halogens is 1. The van der Waals surface area contributed by atoms with Crippen molar-refractivity contribution in [3.63, 3.8) is 0 Å². The molecule has 0 radical (unpaired) electrons. The number of rotatable bonds is 2. The Morgan fingerprint density at radius 1 is 1.12 bits per heavy atom. The highest BCUT2D eigenvalue weighted by Gasteiger charge is 2.06. The summed E-state index contributed by atoms with van der Waals surface area (Å²) in [5, 5.41) is 0. The molecule has 0 bridgehead atoms. The molecule has 0 aliphatic carbocycles. The lowest BCUT2D eigenvalue weighted by Gasteiger charge is -2.08. The Bertz CT molecular complexity index is 511. The molecule has 16 heavy (non-hydrogen) atoms. The molecule has 1 nitrogen and oxygen atoms in total. The first kappa shape index (κ1) is 11.5. The highest BCUT2D eigenvalue weighted by molar-refractivity contribution is 9.10. The molecule has 0 fully saturated rings. The lowest BCUT2D eigenvalue weighted by atomic mass is 10.2. The van der Waals surface area contributed by atoms with Gasteiger partial charge in [0, 0.05) is 22.9 Å². The second-order valence-corrected chi connectivity index (χ2v) is 5.10. The van der Waals surface area contributed by atoms with Gasteiger partial charge in [0.05, 0.1) is 0 Å². The molecule has 2 aromatic rings. The summed E-state index contributed by atoms with van der Waals surface area (Å²) in [5.41, 5.74) is 5.44. The third-order valence-electron chi connectivity index (χ3n) is 3.21. The van der Waals surface area contributed by atoms with E-state index in [0.717, 1.165) is 6.54 Å². The number of nitrogens with zero attached hydrogens (tertiary/aromatic N) is 1.